The second-order valence-corrected chi connectivity index (χ2v) is 6.85. The molecular formula is C19H22N4O3S. The zero-order chi connectivity index (χ0) is 19.2. The van der Waals surface area contributed by atoms with Crippen molar-refractivity contribution >= 4 is 23.0 Å². The van der Waals surface area contributed by atoms with Gasteiger partial charge in [-0.3, -0.25) is 0 Å². The molecule has 7 nitrogen and oxygen atoms in total. The molecule has 0 unspecified atom stereocenters. The number of methoxy groups -OCH3 is 3. The quantitative estimate of drug-likeness (QED) is 0.630. The molecule has 2 aromatic heterocycles. The largest absolute Gasteiger partial charge is 0.497 e. The van der Waals surface area contributed by atoms with Crippen LogP contribution in [0, 0.1) is 6.92 Å². The average molecular weight is 386 g/mol. The van der Waals surface area contributed by atoms with E-state index in [2.05, 4.69) is 20.3 Å². The number of aryl methyl sites for hydroxylation is 1. The molecule has 1 aromatic carbocycles. The molecule has 0 aliphatic heterocycles. The molecule has 8 heteroatoms. The molecular weight excluding hydrogens is 364 g/mol. The van der Waals surface area contributed by atoms with Crippen molar-refractivity contribution in [1.29, 1.82) is 0 Å². The first kappa shape index (κ1) is 19.1. The predicted molar refractivity (Wildman–Crippen MR) is 106 cm³/mol. The van der Waals surface area contributed by atoms with Gasteiger partial charge in [0.2, 0.25) is 5.95 Å². The molecule has 1 N–H and O–H groups in total. The third-order valence-electron chi connectivity index (χ3n) is 3.91. The maximum absolute atomic E-state index is 5.30. The van der Waals surface area contributed by atoms with E-state index in [-0.39, 0.29) is 0 Å². The van der Waals surface area contributed by atoms with Crippen LogP contribution in [-0.2, 0) is 11.2 Å². The summed E-state index contributed by atoms with van der Waals surface area (Å²) in [6.45, 7) is 2.69. The van der Waals surface area contributed by atoms with Gasteiger partial charge in [-0.25, -0.2) is 15.0 Å². The van der Waals surface area contributed by atoms with Crippen LogP contribution in [0.15, 0.2) is 30.5 Å². The van der Waals surface area contributed by atoms with Crippen LogP contribution in [0.3, 0.4) is 0 Å². The summed E-state index contributed by atoms with van der Waals surface area (Å²) in [5.41, 5.74) is 2.57. The maximum atomic E-state index is 5.30. The number of aromatic nitrogens is 3. The van der Waals surface area contributed by atoms with Crippen molar-refractivity contribution in [3.05, 3.63) is 41.0 Å². The summed E-state index contributed by atoms with van der Waals surface area (Å²) in [6.07, 6.45) is 2.56. The van der Waals surface area contributed by atoms with E-state index in [4.69, 9.17) is 14.2 Å². The van der Waals surface area contributed by atoms with Gasteiger partial charge in [-0.1, -0.05) is 0 Å². The minimum atomic E-state index is 0.481. The molecule has 0 bridgehead atoms. The van der Waals surface area contributed by atoms with E-state index >= 15 is 0 Å². The monoisotopic (exact) mass is 386 g/mol. The highest BCUT2D eigenvalue weighted by atomic mass is 32.1. The average Bonchev–Trinajstić information content (AvgIpc) is 3.06. The summed E-state index contributed by atoms with van der Waals surface area (Å²) < 4.78 is 15.8. The highest BCUT2D eigenvalue weighted by molar-refractivity contribution is 7.15. The molecule has 27 heavy (non-hydrogen) atoms. The lowest BCUT2D eigenvalue weighted by Crippen LogP contribution is -1.99. The molecule has 0 radical (unpaired) electrons. The zero-order valence-corrected chi connectivity index (χ0v) is 16.6. The van der Waals surface area contributed by atoms with Gasteiger partial charge in [0.1, 0.15) is 22.2 Å². The lowest BCUT2D eigenvalue weighted by atomic mass is 10.3. The number of hydrogen-bond donors (Lipinski definition) is 1. The van der Waals surface area contributed by atoms with Crippen LogP contribution in [0.2, 0.25) is 0 Å². The number of nitrogens with one attached hydrogen (secondary N) is 1. The van der Waals surface area contributed by atoms with E-state index in [0.717, 1.165) is 28.5 Å². The zero-order valence-electron chi connectivity index (χ0n) is 15.8. The Morgan fingerprint density at radius 2 is 1.78 bits per heavy atom. The van der Waals surface area contributed by atoms with Crippen LogP contribution in [-0.4, -0.2) is 42.9 Å². The van der Waals surface area contributed by atoms with E-state index < -0.39 is 0 Å². The van der Waals surface area contributed by atoms with Gasteiger partial charge >= 0.3 is 0 Å². The Morgan fingerprint density at radius 3 is 2.44 bits per heavy atom. The van der Waals surface area contributed by atoms with Gasteiger partial charge in [-0.2, -0.15) is 0 Å². The van der Waals surface area contributed by atoms with Crippen molar-refractivity contribution in [1.82, 2.24) is 15.0 Å². The number of ether oxygens (including phenoxy) is 3. The van der Waals surface area contributed by atoms with Crippen LogP contribution >= 0.6 is 11.3 Å². The standard InChI is InChI=1S/C19H22N4O3S/c1-12-17(6-8-24-2)27-18(21-12)16-5-7-20-19(23-16)22-13-9-14(25-3)11-15(10-13)26-4/h5,7,9-11H,6,8H2,1-4H3,(H,20,22,23). The molecule has 0 atom stereocenters. The van der Waals surface area contributed by atoms with E-state index in [0.29, 0.717) is 24.1 Å². The Balaban J connectivity index is 1.84. The minimum absolute atomic E-state index is 0.481. The Labute approximate surface area is 162 Å². The highest BCUT2D eigenvalue weighted by Gasteiger charge is 2.12. The van der Waals surface area contributed by atoms with Crippen LogP contribution in [0.5, 0.6) is 11.5 Å². The summed E-state index contributed by atoms with van der Waals surface area (Å²) in [5, 5.41) is 4.06. The normalized spacial score (nSPS) is 10.7. The molecule has 0 fully saturated rings. The van der Waals surface area contributed by atoms with E-state index in [1.54, 1.807) is 38.9 Å². The van der Waals surface area contributed by atoms with E-state index in [1.807, 2.05) is 31.2 Å². The van der Waals surface area contributed by atoms with Gasteiger partial charge in [-0.05, 0) is 13.0 Å². The Bertz CT molecular complexity index is 891. The van der Waals surface area contributed by atoms with Crippen LogP contribution < -0.4 is 14.8 Å². The predicted octanol–water partition coefficient (Wildman–Crippen LogP) is 3.86. The third-order valence-corrected chi connectivity index (χ3v) is 5.15. The topological polar surface area (TPSA) is 78.4 Å². The van der Waals surface area contributed by atoms with Crippen molar-refractivity contribution in [2.24, 2.45) is 0 Å². The first-order valence-corrected chi connectivity index (χ1v) is 9.23. The molecule has 142 valence electrons. The Hall–Kier alpha value is -2.71. The fourth-order valence-electron chi connectivity index (χ4n) is 2.51. The van der Waals surface area contributed by atoms with Crippen molar-refractivity contribution in [2.75, 3.05) is 33.3 Å². The summed E-state index contributed by atoms with van der Waals surface area (Å²) in [4.78, 5) is 14.7. The Kier molecular flexibility index (Phi) is 6.20. The van der Waals surface area contributed by atoms with Gasteiger partial charge in [0.05, 0.1) is 26.5 Å². The first-order chi connectivity index (χ1) is 13.1. The molecule has 0 spiro atoms. The second kappa shape index (κ2) is 8.79. The molecule has 0 saturated heterocycles. The number of nitrogens with zero attached hydrogens (tertiary/aromatic N) is 3. The third kappa shape index (κ3) is 4.72. The number of benzene rings is 1. The van der Waals surface area contributed by atoms with Gasteiger partial charge in [0.15, 0.2) is 0 Å². The minimum Gasteiger partial charge on any atom is -0.497 e. The molecule has 3 rings (SSSR count). The van der Waals surface area contributed by atoms with Gasteiger partial charge in [0.25, 0.3) is 0 Å². The number of thiazole rings is 1. The SMILES string of the molecule is COCCc1sc(-c2ccnc(Nc3cc(OC)cc(OC)c3)n2)nc1C. The number of rotatable bonds is 8. The second-order valence-electron chi connectivity index (χ2n) is 5.76. The summed E-state index contributed by atoms with van der Waals surface area (Å²) in [5.74, 6) is 1.85. The van der Waals surface area contributed by atoms with Crippen LogP contribution in [0.25, 0.3) is 10.7 Å². The van der Waals surface area contributed by atoms with Crippen molar-refractivity contribution in [2.45, 2.75) is 13.3 Å². The number of anilines is 2. The molecule has 0 aliphatic carbocycles. The summed E-state index contributed by atoms with van der Waals surface area (Å²) in [7, 11) is 4.93. The Morgan fingerprint density at radius 1 is 1.04 bits per heavy atom. The van der Waals surface area contributed by atoms with Crippen molar-refractivity contribution in [3.8, 4) is 22.2 Å². The lowest BCUT2D eigenvalue weighted by molar-refractivity contribution is 0.203. The van der Waals surface area contributed by atoms with Crippen molar-refractivity contribution < 1.29 is 14.2 Å². The van der Waals surface area contributed by atoms with Gasteiger partial charge in [-0.15, -0.1) is 11.3 Å². The van der Waals surface area contributed by atoms with Crippen LogP contribution in [0.4, 0.5) is 11.6 Å². The van der Waals surface area contributed by atoms with E-state index in [9.17, 15) is 0 Å². The van der Waals surface area contributed by atoms with Gasteiger partial charge < -0.3 is 19.5 Å². The van der Waals surface area contributed by atoms with Gasteiger partial charge in [0, 0.05) is 48.5 Å². The first-order valence-electron chi connectivity index (χ1n) is 8.41. The van der Waals surface area contributed by atoms with E-state index in [1.165, 1.54) is 4.88 Å². The lowest BCUT2D eigenvalue weighted by Gasteiger charge is -2.10. The smallest absolute Gasteiger partial charge is 0.227 e. The maximum Gasteiger partial charge on any atom is 0.227 e. The van der Waals surface area contributed by atoms with Crippen LogP contribution in [0.1, 0.15) is 10.6 Å². The summed E-state index contributed by atoms with van der Waals surface area (Å²) in [6, 6.07) is 7.38. The van der Waals surface area contributed by atoms with Crippen molar-refractivity contribution in [3.63, 3.8) is 0 Å². The highest BCUT2D eigenvalue weighted by Crippen LogP contribution is 2.29. The molecule has 0 aliphatic rings. The molecule has 3 aromatic rings. The fraction of sp³-hybridized carbons (Fsp3) is 0.316. The molecule has 0 saturated carbocycles. The number of hydrogen-bond acceptors (Lipinski definition) is 8. The summed E-state index contributed by atoms with van der Waals surface area (Å²) >= 11 is 1.63. The fourth-order valence-corrected chi connectivity index (χ4v) is 3.52. The molecule has 2 heterocycles. The molecule has 0 amide bonds.